The first kappa shape index (κ1) is 10.3. The third-order valence-electron chi connectivity index (χ3n) is 2.17. The summed E-state index contributed by atoms with van der Waals surface area (Å²) in [5, 5.41) is 8.96. The number of terminal acetylenes is 1. The smallest absolute Gasteiger partial charge is 0.237 e. The Bertz CT molecular complexity index is 505. The third-order valence-corrected chi connectivity index (χ3v) is 2.17. The first-order valence-electron chi connectivity index (χ1n) is 4.77. The Kier molecular flexibility index (Phi) is 2.91. The standard InChI is InChI=1S/C13H9NO2/c1-2-7-15-13-11(9-14)8-10-5-3-4-6-12(10)16-13/h1,3-6,8,13H,7H2. The van der Waals surface area contributed by atoms with Crippen molar-refractivity contribution in [1.82, 2.24) is 0 Å². The highest BCUT2D eigenvalue weighted by atomic mass is 16.7. The molecule has 0 aromatic heterocycles. The van der Waals surface area contributed by atoms with Crippen LogP contribution in [0.4, 0.5) is 0 Å². The van der Waals surface area contributed by atoms with Crippen molar-refractivity contribution in [2.24, 2.45) is 0 Å². The number of para-hydroxylation sites is 1. The lowest BCUT2D eigenvalue weighted by Crippen LogP contribution is -2.25. The van der Waals surface area contributed by atoms with Gasteiger partial charge >= 0.3 is 0 Å². The maximum absolute atomic E-state index is 8.96. The average molecular weight is 211 g/mol. The van der Waals surface area contributed by atoms with Gasteiger partial charge in [-0.3, -0.25) is 0 Å². The van der Waals surface area contributed by atoms with Gasteiger partial charge in [-0.1, -0.05) is 24.1 Å². The van der Waals surface area contributed by atoms with Crippen LogP contribution in [-0.2, 0) is 4.74 Å². The Morgan fingerprint density at radius 2 is 2.25 bits per heavy atom. The van der Waals surface area contributed by atoms with Crippen LogP contribution in [0.2, 0.25) is 0 Å². The van der Waals surface area contributed by atoms with E-state index in [4.69, 9.17) is 21.2 Å². The van der Waals surface area contributed by atoms with E-state index >= 15 is 0 Å². The van der Waals surface area contributed by atoms with Gasteiger partial charge in [0.2, 0.25) is 6.29 Å². The normalized spacial score (nSPS) is 17.4. The van der Waals surface area contributed by atoms with Crippen LogP contribution in [0.15, 0.2) is 29.8 Å². The van der Waals surface area contributed by atoms with E-state index in [2.05, 4.69) is 5.92 Å². The van der Waals surface area contributed by atoms with E-state index in [1.165, 1.54) is 0 Å². The Hall–Kier alpha value is -2.23. The predicted octanol–water partition coefficient (Wildman–Crippen LogP) is 1.96. The van der Waals surface area contributed by atoms with E-state index in [1.54, 1.807) is 6.08 Å². The molecule has 16 heavy (non-hydrogen) atoms. The summed E-state index contributed by atoms with van der Waals surface area (Å²) < 4.78 is 10.8. The Labute approximate surface area is 93.9 Å². The van der Waals surface area contributed by atoms with Gasteiger partial charge in [-0.2, -0.15) is 5.26 Å². The molecule has 0 fully saturated rings. The van der Waals surface area contributed by atoms with Gasteiger partial charge < -0.3 is 9.47 Å². The maximum Gasteiger partial charge on any atom is 0.237 e. The monoisotopic (exact) mass is 211 g/mol. The zero-order valence-corrected chi connectivity index (χ0v) is 8.51. The van der Waals surface area contributed by atoms with Crippen molar-refractivity contribution in [3.63, 3.8) is 0 Å². The zero-order valence-electron chi connectivity index (χ0n) is 8.51. The van der Waals surface area contributed by atoms with Crippen LogP contribution in [0.25, 0.3) is 6.08 Å². The van der Waals surface area contributed by atoms with Gasteiger partial charge in [0.25, 0.3) is 0 Å². The molecule has 1 atom stereocenters. The second-order valence-electron chi connectivity index (χ2n) is 3.21. The fourth-order valence-electron chi connectivity index (χ4n) is 1.45. The summed E-state index contributed by atoms with van der Waals surface area (Å²) in [5.41, 5.74) is 1.30. The second-order valence-corrected chi connectivity index (χ2v) is 3.21. The number of hydrogen-bond acceptors (Lipinski definition) is 3. The van der Waals surface area contributed by atoms with Gasteiger partial charge in [0, 0.05) is 5.56 Å². The molecule has 0 amide bonds. The summed E-state index contributed by atoms with van der Waals surface area (Å²) in [5.74, 6) is 3.04. The summed E-state index contributed by atoms with van der Waals surface area (Å²) >= 11 is 0. The number of nitriles is 1. The Morgan fingerprint density at radius 3 is 3.00 bits per heavy atom. The summed E-state index contributed by atoms with van der Waals surface area (Å²) in [4.78, 5) is 0. The van der Waals surface area contributed by atoms with Crippen LogP contribution in [-0.4, -0.2) is 12.9 Å². The first-order valence-corrected chi connectivity index (χ1v) is 4.77. The molecule has 0 spiro atoms. The Morgan fingerprint density at radius 1 is 1.44 bits per heavy atom. The molecule has 0 bridgehead atoms. The lowest BCUT2D eigenvalue weighted by Gasteiger charge is -2.23. The van der Waals surface area contributed by atoms with Crippen molar-refractivity contribution in [2.45, 2.75) is 6.29 Å². The maximum atomic E-state index is 8.96. The highest BCUT2D eigenvalue weighted by molar-refractivity contribution is 5.65. The van der Waals surface area contributed by atoms with Crippen LogP contribution in [0.1, 0.15) is 5.56 Å². The molecular formula is C13H9NO2. The predicted molar refractivity (Wildman–Crippen MR) is 59.2 cm³/mol. The van der Waals surface area contributed by atoms with Crippen LogP contribution in [0.3, 0.4) is 0 Å². The summed E-state index contributed by atoms with van der Waals surface area (Å²) in [6, 6.07) is 9.50. The van der Waals surface area contributed by atoms with E-state index in [-0.39, 0.29) is 6.61 Å². The number of ether oxygens (including phenoxy) is 2. The molecule has 1 aromatic rings. The van der Waals surface area contributed by atoms with Gasteiger partial charge in [0.05, 0.1) is 5.57 Å². The van der Waals surface area contributed by atoms with E-state index < -0.39 is 6.29 Å². The largest absolute Gasteiger partial charge is 0.459 e. The fourth-order valence-corrected chi connectivity index (χ4v) is 1.45. The first-order chi connectivity index (χ1) is 7.85. The SMILES string of the molecule is C#CCOC1Oc2ccccc2C=C1C#N. The zero-order chi connectivity index (χ0) is 11.4. The van der Waals surface area contributed by atoms with Crippen molar-refractivity contribution < 1.29 is 9.47 Å². The molecule has 1 aromatic carbocycles. The molecule has 0 aliphatic carbocycles. The number of nitrogens with zero attached hydrogens (tertiary/aromatic N) is 1. The van der Waals surface area contributed by atoms with Crippen molar-refractivity contribution in [2.75, 3.05) is 6.61 Å². The minimum atomic E-state index is -0.698. The van der Waals surface area contributed by atoms with Gasteiger partial charge in [-0.05, 0) is 12.1 Å². The third kappa shape index (κ3) is 1.91. The number of rotatable bonds is 2. The van der Waals surface area contributed by atoms with Gasteiger partial charge in [0.15, 0.2) is 0 Å². The highest BCUT2D eigenvalue weighted by Gasteiger charge is 2.22. The van der Waals surface area contributed by atoms with Gasteiger partial charge in [0.1, 0.15) is 18.4 Å². The summed E-state index contributed by atoms with van der Waals surface area (Å²) in [6.45, 7) is 0.117. The molecule has 1 aliphatic heterocycles. The van der Waals surface area contributed by atoms with Gasteiger partial charge in [-0.25, -0.2) is 0 Å². The molecule has 1 heterocycles. The molecule has 3 nitrogen and oxygen atoms in total. The van der Waals surface area contributed by atoms with Crippen molar-refractivity contribution in [1.29, 1.82) is 5.26 Å². The minimum Gasteiger partial charge on any atom is -0.459 e. The molecule has 2 rings (SSSR count). The molecule has 3 heteroatoms. The molecular weight excluding hydrogens is 202 g/mol. The van der Waals surface area contributed by atoms with E-state index in [1.807, 2.05) is 30.3 Å². The molecule has 0 radical (unpaired) electrons. The van der Waals surface area contributed by atoms with Crippen LogP contribution in [0, 0.1) is 23.7 Å². The fraction of sp³-hybridized carbons (Fsp3) is 0.154. The summed E-state index contributed by atoms with van der Waals surface area (Å²) in [6.07, 6.45) is 6.15. The number of hydrogen-bond donors (Lipinski definition) is 0. The topological polar surface area (TPSA) is 42.2 Å². The van der Waals surface area contributed by atoms with E-state index in [9.17, 15) is 0 Å². The van der Waals surface area contributed by atoms with Crippen molar-refractivity contribution >= 4 is 6.08 Å². The Balaban J connectivity index is 2.29. The van der Waals surface area contributed by atoms with Gasteiger partial charge in [-0.15, -0.1) is 6.42 Å². The highest BCUT2D eigenvalue weighted by Crippen LogP contribution is 2.29. The minimum absolute atomic E-state index is 0.117. The molecule has 0 N–H and O–H groups in total. The molecule has 0 saturated heterocycles. The van der Waals surface area contributed by atoms with Crippen LogP contribution >= 0.6 is 0 Å². The molecule has 78 valence electrons. The van der Waals surface area contributed by atoms with Crippen LogP contribution in [0.5, 0.6) is 5.75 Å². The lowest BCUT2D eigenvalue weighted by atomic mass is 10.1. The van der Waals surface area contributed by atoms with Crippen molar-refractivity contribution in [3.05, 3.63) is 35.4 Å². The lowest BCUT2D eigenvalue weighted by molar-refractivity contribution is -0.0378. The average Bonchev–Trinajstić information content (AvgIpc) is 2.35. The summed E-state index contributed by atoms with van der Waals surface area (Å²) in [7, 11) is 0. The second kappa shape index (κ2) is 4.53. The van der Waals surface area contributed by atoms with E-state index in [0.29, 0.717) is 11.3 Å². The molecule has 1 unspecified atom stereocenters. The van der Waals surface area contributed by atoms with Crippen molar-refractivity contribution in [3.8, 4) is 24.2 Å². The number of fused-ring (bicyclic) bond motifs is 1. The van der Waals surface area contributed by atoms with E-state index in [0.717, 1.165) is 5.56 Å². The molecule has 1 aliphatic rings. The van der Waals surface area contributed by atoms with Crippen LogP contribution < -0.4 is 4.74 Å². The molecule has 0 saturated carbocycles. The number of benzene rings is 1. The quantitative estimate of drug-likeness (QED) is 0.702.